The first-order valence-electron chi connectivity index (χ1n) is 21.4. The van der Waals surface area contributed by atoms with Crippen LogP contribution in [-0.2, 0) is 0 Å². The van der Waals surface area contributed by atoms with E-state index in [1.807, 2.05) is 0 Å². The van der Waals surface area contributed by atoms with Gasteiger partial charge in [0.25, 0.3) is 0 Å². The van der Waals surface area contributed by atoms with Crippen molar-refractivity contribution in [2.75, 3.05) is 0 Å². The molecule has 8 aromatic carbocycles. The fourth-order valence-electron chi connectivity index (χ4n) is 11.7. The molecule has 0 spiro atoms. The summed E-state index contributed by atoms with van der Waals surface area (Å²) >= 11 is 0. The van der Waals surface area contributed by atoms with Gasteiger partial charge in [0.15, 0.2) is 0 Å². The van der Waals surface area contributed by atoms with Crippen LogP contribution in [-0.4, -0.2) is 0 Å². The third-order valence-electron chi connectivity index (χ3n) is 14.1. The van der Waals surface area contributed by atoms with Crippen molar-refractivity contribution >= 4 is 24.3 Å². The van der Waals surface area contributed by atoms with Crippen LogP contribution in [0.15, 0.2) is 216 Å². The normalized spacial score (nSPS) is 19.7. The van der Waals surface area contributed by atoms with E-state index in [2.05, 4.69) is 218 Å². The lowest BCUT2D eigenvalue weighted by Crippen LogP contribution is -2.28. The highest BCUT2D eigenvalue weighted by Crippen LogP contribution is 2.65. The summed E-state index contributed by atoms with van der Waals surface area (Å²) in [6, 6.07) is 73.6. The molecule has 5 aliphatic rings. The van der Waals surface area contributed by atoms with E-state index in [0.29, 0.717) is 0 Å². The summed E-state index contributed by atoms with van der Waals surface area (Å²) in [4.78, 5) is 0. The molecule has 1 fully saturated rings. The van der Waals surface area contributed by atoms with E-state index < -0.39 is 0 Å². The zero-order valence-electron chi connectivity index (χ0n) is 33.1. The number of hydrogen-bond acceptors (Lipinski definition) is 0. The molecule has 0 saturated heterocycles. The topological polar surface area (TPSA) is 0 Å². The van der Waals surface area contributed by atoms with Gasteiger partial charge in [-0.1, -0.05) is 218 Å². The minimum Gasteiger partial charge on any atom is -0.0619 e. The molecule has 0 amide bonds. The van der Waals surface area contributed by atoms with Crippen LogP contribution in [0.1, 0.15) is 68.2 Å². The van der Waals surface area contributed by atoms with Gasteiger partial charge in [0.1, 0.15) is 0 Å². The predicted molar refractivity (Wildman–Crippen MR) is 250 cm³/mol. The molecule has 0 heterocycles. The van der Waals surface area contributed by atoms with Gasteiger partial charge in [-0.2, -0.15) is 0 Å². The Balaban J connectivity index is 1.27. The molecule has 0 radical (unpaired) electrons. The summed E-state index contributed by atoms with van der Waals surface area (Å²) in [5.41, 5.74) is 26.7. The molecule has 0 heteroatoms. The monoisotopic (exact) mass is 760 g/mol. The van der Waals surface area contributed by atoms with Crippen molar-refractivity contribution in [2.24, 2.45) is 0 Å². The Morgan fingerprint density at radius 2 is 0.367 bits per heavy atom. The smallest absolute Gasteiger partial charge is 0.0208 e. The second kappa shape index (κ2) is 13.1. The minimum atomic E-state index is -0.00271. The van der Waals surface area contributed by atoms with Gasteiger partial charge in [-0.15, -0.1) is 0 Å². The number of allylic oxidation sites excluding steroid dienone is 4. The standard InChI is InChI=1S/C60H40/c1-5-21-41-37(17-1)33-53-54-34-38-18-2-6-22-42(38)46-26-10-14-30-50(46)58(54)60-52-32-16-12-28-48(52)44-24-8-4-20-40(44)36-56(60)55-35-39-19-3-7-23-43(39)47-27-11-15-31-51(47)59(55)57(53)49-29-13-9-25-45(41)49/h1-36,57-60H/t57-,58?,59?,60-/m1/s1. The maximum Gasteiger partial charge on any atom is 0.0208 e. The highest BCUT2D eigenvalue weighted by atomic mass is 14.5. The Kier molecular flexibility index (Phi) is 7.36. The van der Waals surface area contributed by atoms with Crippen molar-refractivity contribution in [3.8, 4) is 44.5 Å². The summed E-state index contributed by atoms with van der Waals surface area (Å²) in [6.45, 7) is 0. The second-order valence-electron chi connectivity index (χ2n) is 17.0. The summed E-state index contributed by atoms with van der Waals surface area (Å²) in [6.07, 6.45) is 10.4. The van der Waals surface area contributed by atoms with Gasteiger partial charge in [-0.3, -0.25) is 0 Å². The average Bonchev–Trinajstić information content (AvgIpc) is 3.68. The first kappa shape index (κ1) is 33.7. The van der Waals surface area contributed by atoms with Crippen molar-refractivity contribution in [1.29, 1.82) is 0 Å². The number of benzene rings is 8. The molecular weight excluding hydrogens is 721 g/mol. The van der Waals surface area contributed by atoms with Crippen molar-refractivity contribution in [3.05, 3.63) is 261 Å². The molecule has 60 heavy (non-hydrogen) atoms. The quantitative estimate of drug-likeness (QED) is 0.135. The SMILES string of the molecule is C1=C2C3=Cc4ccccc4-c4ccccc4[C@H]3C3C(=Cc4ccccc4-c4ccccc43)C3=Cc4ccccc4-c4ccccc4[C@H]3C2c2ccccc2-c2ccccc21. The molecule has 0 bridgehead atoms. The summed E-state index contributed by atoms with van der Waals surface area (Å²) < 4.78 is 0. The molecular formula is C60H40. The molecule has 0 aliphatic heterocycles. The molecule has 13 rings (SSSR count). The summed E-state index contributed by atoms with van der Waals surface area (Å²) in [5, 5.41) is 0. The number of fused-ring (bicyclic) bond motifs is 24. The minimum absolute atomic E-state index is 0.00271. The van der Waals surface area contributed by atoms with Crippen LogP contribution in [0.2, 0.25) is 0 Å². The first-order valence-corrected chi connectivity index (χ1v) is 21.4. The van der Waals surface area contributed by atoms with Crippen LogP contribution in [0.5, 0.6) is 0 Å². The molecule has 2 unspecified atom stereocenters. The van der Waals surface area contributed by atoms with Crippen LogP contribution in [0, 0.1) is 0 Å². The Bertz CT molecular complexity index is 2800. The van der Waals surface area contributed by atoms with Gasteiger partial charge in [-0.25, -0.2) is 0 Å². The third kappa shape index (κ3) is 4.85. The molecule has 4 atom stereocenters. The third-order valence-corrected chi connectivity index (χ3v) is 14.1. The highest BCUT2D eigenvalue weighted by Gasteiger charge is 2.48. The fourth-order valence-corrected chi connectivity index (χ4v) is 11.7. The van der Waals surface area contributed by atoms with E-state index in [1.54, 1.807) is 0 Å². The molecule has 5 aliphatic carbocycles. The predicted octanol–water partition coefficient (Wildman–Crippen LogP) is 15.4. The maximum atomic E-state index is 2.60. The first-order chi connectivity index (χ1) is 29.8. The highest BCUT2D eigenvalue weighted by molar-refractivity contribution is 5.94. The average molecular weight is 761 g/mol. The molecule has 8 aromatic rings. The summed E-state index contributed by atoms with van der Waals surface area (Å²) in [5.74, 6) is -0.0108. The largest absolute Gasteiger partial charge is 0.0619 e. The number of hydrogen-bond donors (Lipinski definition) is 0. The van der Waals surface area contributed by atoms with E-state index >= 15 is 0 Å². The molecule has 280 valence electrons. The van der Waals surface area contributed by atoms with Gasteiger partial charge < -0.3 is 0 Å². The van der Waals surface area contributed by atoms with Crippen molar-refractivity contribution in [3.63, 3.8) is 0 Å². The molecule has 0 N–H and O–H groups in total. The Morgan fingerprint density at radius 1 is 0.183 bits per heavy atom. The molecule has 0 aromatic heterocycles. The van der Waals surface area contributed by atoms with E-state index in [0.717, 1.165) is 0 Å². The second-order valence-corrected chi connectivity index (χ2v) is 17.0. The van der Waals surface area contributed by atoms with Crippen LogP contribution >= 0.6 is 0 Å². The number of rotatable bonds is 0. The lowest BCUT2D eigenvalue weighted by molar-refractivity contribution is 0.600. The van der Waals surface area contributed by atoms with Crippen LogP contribution in [0.25, 0.3) is 68.8 Å². The lowest BCUT2D eigenvalue weighted by atomic mass is 9.59. The van der Waals surface area contributed by atoms with Crippen molar-refractivity contribution in [2.45, 2.75) is 23.7 Å². The van der Waals surface area contributed by atoms with E-state index in [9.17, 15) is 0 Å². The van der Waals surface area contributed by atoms with Gasteiger partial charge >= 0.3 is 0 Å². The lowest BCUT2D eigenvalue weighted by Gasteiger charge is -2.44. The van der Waals surface area contributed by atoms with E-state index in [4.69, 9.17) is 0 Å². The fraction of sp³-hybridized carbons (Fsp3) is 0.0667. The van der Waals surface area contributed by atoms with Gasteiger partial charge in [0, 0.05) is 23.7 Å². The van der Waals surface area contributed by atoms with Gasteiger partial charge in [0.2, 0.25) is 0 Å². The van der Waals surface area contributed by atoms with Gasteiger partial charge in [0.05, 0.1) is 0 Å². The van der Waals surface area contributed by atoms with Crippen molar-refractivity contribution < 1.29 is 0 Å². The summed E-state index contributed by atoms with van der Waals surface area (Å²) in [7, 11) is 0. The van der Waals surface area contributed by atoms with Gasteiger partial charge in [-0.05, 0) is 111 Å². The Labute approximate surface area is 351 Å². The van der Waals surface area contributed by atoms with E-state index in [-0.39, 0.29) is 23.7 Å². The zero-order valence-corrected chi connectivity index (χ0v) is 33.1. The maximum absolute atomic E-state index is 2.60. The van der Waals surface area contributed by atoms with E-state index in [1.165, 1.54) is 111 Å². The Morgan fingerprint density at radius 3 is 0.600 bits per heavy atom. The van der Waals surface area contributed by atoms with Crippen LogP contribution in [0.3, 0.4) is 0 Å². The van der Waals surface area contributed by atoms with Crippen molar-refractivity contribution in [1.82, 2.24) is 0 Å². The zero-order chi connectivity index (χ0) is 39.3. The molecule has 0 nitrogen and oxygen atoms in total. The van der Waals surface area contributed by atoms with Crippen LogP contribution < -0.4 is 0 Å². The van der Waals surface area contributed by atoms with Crippen LogP contribution in [0.4, 0.5) is 0 Å². The molecule has 1 saturated carbocycles. The Hall–Kier alpha value is -7.28.